The second-order valence-electron chi connectivity index (χ2n) is 3.91. The van der Waals surface area contributed by atoms with E-state index in [9.17, 15) is 8.42 Å². The molecule has 4 nitrogen and oxygen atoms in total. The lowest BCUT2D eigenvalue weighted by atomic mass is 9.99. The maximum Gasteiger partial charge on any atom is 0.211 e. The average molecular weight is 257 g/mol. The molecule has 6 heteroatoms. The summed E-state index contributed by atoms with van der Waals surface area (Å²) in [5.74, 6) is 0.581. The van der Waals surface area contributed by atoms with Crippen LogP contribution in [0.4, 0.5) is 0 Å². The van der Waals surface area contributed by atoms with Crippen LogP contribution in [0.1, 0.15) is 32.6 Å². The largest absolute Gasteiger partial charge is 0.329 e. The Hall–Kier alpha value is 0.160. The molecule has 1 aliphatic rings. The fourth-order valence-electron chi connectivity index (χ4n) is 2.01. The minimum Gasteiger partial charge on any atom is -0.329 e. The molecule has 0 aromatic heterocycles. The van der Waals surface area contributed by atoms with Crippen molar-refractivity contribution in [2.75, 3.05) is 12.3 Å². The highest BCUT2D eigenvalue weighted by atomic mass is 35.5. The van der Waals surface area contributed by atoms with E-state index in [4.69, 9.17) is 5.73 Å². The van der Waals surface area contributed by atoms with E-state index in [2.05, 4.69) is 4.72 Å². The quantitative estimate of drug-likeness (QED) is 0.767. The van der Waals surface area contributed by atoms with Crippen LogP contribution >= 0.6 is 12.4 Å². The van der Waals surface area contributed by atoms with E-state index < -0.39 is 10.0 Å². The Labute approximate surface area is 98.5 Å². The van der Waals surface area contributed by atoms with Crippen LogP contribution in [0.3, 0.4) is 0 Å². The molecular weight excluding hydrogens is 236 g/mol. The van der Waals surface area contributed by atoms with Crippen LogP contribution in [-0.2, 0) is 10.0 Å². The van der Waals surface area contributed by atoms with Crippen molar-refractivity contribution in [1.82, 2.24) is 4.72 Å². The van der Waals surface area contributed by atoms with Crippen LogP contribution in [0, 0.1) is 5.92 Å². The first-order valence-electron chi connectivity index (χ1n) is 5.29. The van der Waals surface area contributed by atoms with E-state index in [0.29, 0.717) is 12.5 Å². The zero-order chi connectivity index (χ0) is 10.6. The molecule has 1 atom stereocenters. The molecule has 0 bridgehead atoms. The third-order valence-corrected chi connectivity index (χ3v) is 4.36. The predicted molar refractivity (Wildman–Crippen MR) is 64.6 cm³/mol. The molecule has 1 saturated carbocycles. The monoisotopic (exact) mass is 256 g/mol. The highest BCUT2D eigenvalue weighted by Crippen LogP contribution is 2.27. The van der Waals surface area contributed by atoms with E-state index in [1.165, 1.54) is 12.8 Å². The fourth-order valence-corrected chi connectivity index (χ4v) is 2.93. The van der Waals surface area contributed by atoms with Gasteiger partial charge in [0.1, 0.15) is 0 Å². The van der Waals surface area contributed by atoms with Gasteiger partial charge in [0, 0.05) is 12.6 Å². The number of nitrogens with one attached hydrogen (secondary N) is 1. The van der Waals surface area contributed by atoms with Gasteiger partial charge in [-0.2, -0.15) is 0 Å². The summed E-state index contributed by atoms with van der Waals surface area (Å²) in [6, 6.07) is -0.0533. The Kier molecular flexibility index (Phi) is 6.75. The summed E-state index contributed by atoms with van der Waals surface area (Å²) in [6.45, 7) is 2.05. The van der Waals surface area contributed by atoms with Gasteiger partial charge in [-0.25, -0.2) is 13.1 Å². The van der Waals surface area contributed by atoms with Gasteiger partial charge in [-0.3, -0.25) is 0 Å². The summed E-state index contributed by atoms with van der Waals surface area (Å²) in [5, 5.41) is 0. The van der Waals surface area contributed by atoms with Crippen LogP contribution in [-0.4, -0.2) is 26.8 Å². The fraction of sp³-hybridized carbons (Fsp3) is 1.00. The van der Waals surface area contributed by atoms with Crippen molar-refractivity contribution in [2.45, 2.75) is 38.6 Å². The summed E-state index contributed by atoms with van der Waals surface area (Å²) in [5.41, 5.74) is 5.59. The molecule has 0 saturated heterocycles. The van der Waals surface area contributed by atoms with Crippen LogP contribution in [0.15, 0.2) is 0 Å². The Morgan fingerprint density at radius 1 is 1.40 bits per heavy atom. The lowest BCUT2D eigenvalue weighted by molar-refractivity contribution is 0.406. The molecule has 3 N–H and O–H groups in total. The SMILES string of the molecule is CCS(=O)(=O)NC(CN)C1CCCC1.Cl. The summed E-state index contributed by atoms with van der Waals surface area (Å²) in [6.07, 6.45) is 4.62. The maximum absolute atomic E-state index is 11.4. The van der Waals surface area contributed by atoms with Crippen molar-refractivity contribution in [3.63, 3.8) is 0 Å². The molecule has 1 fully saturated rings. The van der Waals surface area contributed by atoms with E-state index in [1.54, 1.807) is 6.92 Å². The number of hydrogen-bond acceptors (Lipinski definition) is 3. The van der Waals surface area contributed by atoms with Crippen LogP contribution in [0.2, 0.25) is 0 Å². The minimum atomic E-state index is -3.10. The van der Waals surface area contributed by atoms with Gasteiger partial charge in [-0.15, -0.1) is 12.4 Å². The van der Waals surface area contributed by atoms with Gasteiger partial charge in [0.2, 0.25) is 10.0 Å². The van der Waals surface area contributed by atoms with Crippen LogP contribution in [0.5, 0.6) is 0 Å². The van der Waals surface area contributed by atoms with Crippen molar-refractivity contribution in [2.24, 2.45) is 11.7 Å². The first-order chi connectivity index (χ1) is 6.59. The first kappa shape index (κ1) is 15.2. The topological polar surface area (TPSA) is 72.2 Å². The Morgan fingerprint density at radius 2 is 1.93 bits per heavy atom. The molecular formula is C9H21ClN2O2S. The molecule has 0 heterocycles. The second kappa shape index (κ2) is 6.68. The van der Waals surface area contributed by atoms with Gasteiger partial charge >= 0.3 is 0 Å². The molecule has 92 valence electrons. The van der Waals surface area contributed by atoms with E-state index in [0.717, 1.165) is 12.8 Å². The third kappa shape index (κ3) is 4.68. The predicted octanol–water partition coefficient (Wildman–Crippen LogP) is 0.865. The van der Waals surface area contributed by atoms with Gasteiger partial charge in [0.15, 0.2) is 0 Å². The maximum atomic E-state index is 11.4. The number of sulfonamides is 1. The number of nitrogens with two attached hydrogens (primary N) is 1. The summed E-state index contributed by atoms with van der Waals surface area (Å²) in [7, 11) is -3.10. The van der Waals surface area contributed by atoms with Gasteiger partial charge in [0.05, 0.1) is 5.75 Å². The zero-order valence-corrected chi connectivity index (χ0v) is 10.7. The Morgan fingerprint density at radius 3 is 2.33 bits per heavy atom. The van der Waals surface area contributed by atoms with Crippen LogP contribution < -0.4 is 10.5 Å². The standard InChI is InChI=1S/C9H20N2O2S.ClH/c1-2-14(12,13)11-9(7-10)8-5-3-4-6-8;/h8-9,11H,2-7,10H2,1H3;1H. The van der Waals surface area contributed by atoms with Crippen molar-refractivity contribution < 1.29 is 8.42 Å². The Balaban J connectivity index is 0.00000196. The molecule has 1 unspecified atom stereocenters. The van der Waals surface area contributed by atoms with Gasteiger partial charge < -0.3 is 5.73 Å². The normalized spacial score (nSPS) is 19.9. The van der Waals surface area contributed by atoms with E-state index in [-0.39, 0.29) is 24.2 Å². The summed E-state index contributed by atoms with van der Waals surface area (Å²) >= 11 is 0. The molecule has 0 amide bonds. The molecule has 15 heavy (non-hydrogen) atoms. The highest BCUT2D eigenvalue weighted by Gasteiger charge is 2.26. The zero-order valence-electron chi connectivity index (χ0n) is 9.11. The molecule has 0 radical (unpaired) electrons. The second-order valence-corrected chi connectivity index (χ2v) is 5.95. The van der Waals surface area contributed by atoms with E-state index in [1.807, 2.05) is 0 Å². The molecule has 0 aliphatic heterocycles. The van der Waals surface area contributed by atoms with Crippen LogP contribution in [0.25, 0.3) is 0 Å². The number of halogens is 1. The summed E-state index contributed by atoms with van der Waals surface area (Å²) < 4.78 is 25.4. The highest BCUT2D eigenvalue weighted by molar-refractivity contribution is 7.89. The number of rotatable bonds is 5. The molecule has 1 aliphatic carbocycles. The minimum absolute atomic E-state index is 0. The molecule has 1 rings (SSSR count). The molecule has 0 spiro atoms. The van der Waals surface area contributed by atoms with Gasteiger partial charge in [0.25, 0.3) is 0 Å². The third-order valence-electron chi connectivity index (χ3n) is 2.93. The smallest absolute Gasteiger partial charge is 0.211 e. The van der Waals surface area contributed by atoms with Crippen molar-refractivity contribution >= 4 is 22.4 Å². The van der Waals surface area contributed by atoms with Gasteiger partial charge in [-0.1, -0.05) is 12.8 Å². The van der Waals surface area contributed by atoms with E-state index >= 15 is 0 Å². The van der Waals surface area contributed by atoms with Crippen molar-refractivity contribution in [3.8, 4) is 0 Å². The van der Waals surface area contributed by atoms with Crippen molar-refractivity contribution in [1.29, 1.82) is 0 Å². The Bertz CT molecular complexity index is 263. The van der Waals surface area contributed by atoms with Crippen molar-refractivity contribution in [3.05, 3.63) is 0 Å². The average Bonchev–Trinajstić information content (AvgIpc) is 2.67. The lowest BCUT2D eigenvalue weighted by Gasteiger charge is -2.22. The molecule has 0 aromatic rings. The first-order valence-corrected chi connectivity index (χ1v) is 6.94. The lowest BCUT2D eigenvalue weighted by Crippen LogP contribution is -2.45. The molecule has 0 aromatic carbocycles. The summed E-state index contributed by atoms with van der Waals surface area (Å²) in [4.78, 5) is 0. The number of hydrogen-bond donors (Lipinski definition) is 2. The van der Waals surface area contributed by atoms with Gasteiger partial charge in [-0.05, 0) is 25.7 Å².